The Morgan fingerprint density at radius 3 is 1.68 bits per heavy atom. The molecule has 14 N–H and O–H groups in total. The number of nitrogens with zero attached hydrogens (tertiary/aromatic N) is 2. The van der Waals surface area contributed by atoms with Crippen molar-refractivity contribution >= 4 is 41.7 Å². The van der Waals surface area contributed by atoms with E-state index in [1.54, 1.807) is 44.2 Å². The van der Waals surface area contributed by atoms with E-state index in [0.29, 0.717) is 5.56 Å². The number of carboxylic acids is 2. The SMILES string of the molecule is CC(C)[C@H](NC(=O)[C@H](CCCN=C(N)N)NC(=O)N[C@@H](Cc1ccccc1)C(=O)O)C(=O)N[C@H](CCCN=C(N)N)C(=O)O. The molecule has 0 aliphatic rings. The van der Waals surface area contributed by atoms with Gasteiger partial charge in [0.1, 0.15) is 24.2 Å². The number of nitrogens with two attached hydrogens (primary N) is 4. The fraction of sp³-hybridized carbons (Fsp3) is 0.519. The zero-order chi connectivity index (χ0) is 33.2. The highest BCUT2D eigenvalue weighted by Gasteiger charge is 2.31. The molecule has 0 fully saturated rings. The fourth-order valence-electron chi connectivity index (χ4n) is 3.99. The van der Waals surface area contributed by atoms with E-state index in [9.17, 15) is 34.2 Å². The zero-order valence-corrected chi connectivity index (χ0v) is 24.9. The lowest BCUT2D eigenvalue weighted by Crippen LogP contribution is -2.59. The van der Waals surface area contributed by atoms with Gasteiger partial charge in [-0.15, -0.1) is 0 Å². The van der Waals surface area contributed by atoms with Crippen molar-refractivity contribution < 1.29 is 34.2 Å². The van der Waals surface area contributed by atoms with Crippen molar-refractivity contribution in [2.75, 3.05) is 13.1 Å². The molecule has 17 heteroatoms. The monoisotopic (exact) mass is 620 g/mol. The van der Waals surface area contributed by atoms with Crippen LogP contribution in [0.25, 0.3) is 0 Å². The quantitative estimate of drug-likeness (QED) is 0.0466. The molecule has 0 unspecified atom stereocenters. The van der Waals surface area contributed by atoms with Gasteiger partial charge in [0.15, 0.2) is 11.9 Å². The Morgan fingerprint density at radius 1 is 0.705 bits per heavy atom. The molecule has 0 radical (unpaired) electrons. The molecule has 0 saturated heterocycles. The van der Waals surface area contributed by atoms with Crippen molar-refractivity contribution in [2.24, 2.45) is 38.8 Å². The fourth-order valence-corrected chi connectivity index (χ4v) is 3.99. The molecule has 244 valence electrons. The van der Waals surface area contributed by atoms with Gasteiger partial charge in [-0.1, -0.05) is 44.2 Å². The predicted octanol–water partition coefficient (Wildman–Crippen LogP) is -1.83. The molecule has 1 aromatic rings. The Hall–Kier alpha value is -5.09. The molecule has 0 heterocycles. The maximum Gasteiger partial charge on any atom is 0.326 e. The van der Waals surface area contributed by atoms with E-state index in [1.165, 1.54) is 0 Å². The minimum absolute atomic E-state index is 0.00273. The van der Waals surface area contributed by atoms with Gasteiger partial charge >= 0.3 is 18.0 Å². The summed E-state index contributed by atoms with van der Waals surface area (Å²) in [5, 5.41) is 29.0. The molecular formula is C27H44N10O7. The number of urea groups is 1. The molecular weight excluding hydrogens is 576 g/mol. The van der Waals surface area contributed by atoms with E-state index in [2.05, 4.69) is 31.3 Å². The van der Waals surface area contributed by atoms with Crippen LogP contribution in [0.5, 0.6) is 0 Å². The molecule has 0 aromatic heterocycles. The number of aliphatic carboxylic acids is 2. The molecule has 1 aromatic carbocycles. The third-order valence-corrected chi connectivity index (χ3v) is 6.26. The van der Waals surface area contributed by atoms with Gasteiger partial charge in [-0.05, 0) is 37.2 Å². The highest BCUT2D eigenvalue weighted by atomic mass is 16.4. The van der Waals surface area contributed by atoms with Gasteiger partial charge in [-0.2, -0.15) is 0 Å². The van der Waals surface area contributed by atoms with Crippen LogP contribution in [-0.2, 0) is 25.6 Å². The Bertz CT molecular complexity index is 1170. The summed E-state index contributed by atoms with van der Waals surface area (Å²) in [7, 11) is 0. The van der Waals surface area contributed by atoms with E-state index < -0.39 is 59.9 Å². The van der Waals surface area contributed by atoms with Crippen molar-refractivity contribution in [3.63, 3.8) is 0 Å². The van der Waals surface area contributed by atoms with Crippen LogP contribution in [-0.4, -0.2) is 89.2 Å². The summed E-state index contributed by atoms with van der Waals surface area (Å²) < 4.78 is 0. The highest BCUT2D eigenvalue weighted by molar-refractivity contribution is 5.93. The third-order valence-electron chi connectivity index (χ3n) is 6.26. The zero-order valence-electron chi connectivity index (χ0n) is 24.9. The second kappa shape index (κ2) is 19.2. The first-order valence-corrected chi connectivity index (χ1v) is 14.0. The predicted molar refractivity (Wildman–Crippen MR) is 163 cm³/mol. The number of carbonyl (C=O) groups is 5. The second-order valence-corrected chi connectivity index (χ2v) is 10.3. The molecule has 4 amide bonds. The summed E-state index contributed by atoms with van der Waals surface area (Å²) in [5.74, 6) is -4.85. The highest BCUT2D eigenvalue weighted by Crippen LogP contribution is 2.08. The first kappa shape index (κ1) is 36.9. The molecule has 0 spiro atoms. The Morgan fingerprint density at radius 2 is 1.20 bits per heavy atom. The van der Waals surface area contributed by atoms with Crippen LogP contribution >= 0.6 is 0 Å². The Labute approximate surface area is 255 Å². The van der Waals surface area contributed by atoms with E-state index in [4.69, 9.17) is 22.9 Å². The van der Waals surface area contributed by atoms with Gasteiger partial charge in [-0.3, -0.25) is 19.6 Å². The summed E-state index contributed by atoms with van der Waals surface area (Å²) in [5.41, 5.74) is 21.9. The number of rotatable bonds is 19. The topological polar surface area (TPSA) is 303 Å². The minimum Gasteiger partial charge on any atom is -0.480 e. The normalized spacial score (nSPS) is 13.3. The molecule has 0 aliphatic heterocycles. The van der Waals surface area contributed by atoms with Crippen molar-refractivity contribution in [1.29, 1.82) is 0 Å². The molecule has 1 rings (SSSR count). The minimum atomic E-state index is -1.29. The molecule has 0 bridgehead atoms. The number of carbonyl (C=O) groups excluding carboxylic acids is 3. The van der Waals surface area contributed by atoms with Crippen molar-refractivity contribution in [2.45, 2.75) is 70.1 Å². The average molecular weight is 621 g/mol. The first-order chi connectivity index (χ1) is 20.7. The van der Waals surface area contributed by atoms with Gasteiger partial charge in [0.05, 0.1) is 0 Å². The van der Waals surface area contributed by atoms with Crippen LogP contribution in [0.3, 0.4) is 0 Å². The van der Waals surface area contributed by atoms with Gasteiger partial charge in [0.25, 0.3) is 0 Å². The van der Waals surface area contributed by atoms with E-state index >= 15 is 0 Å². The number of hydrogen-bond acceptors (Lipinski definition) is 7. The summed E-state index contributed by atoms with van der Waals surface area (Å²) in [4.78, 5) is 70.5. The lowest BCUT2D eigenvalue weighted by Gasteiger charge is -2.27. The average Bonchev–Trinajstić information content (AvgIpc) is 2.94. The van der Waals surface area contributed by atoms with Crippen LogP contribution < -0.4 is 44.2 Å². The van der Waals surface area contributed by atoms with E-state index in [-0.39, 0.29) is 57.1 Å². The molecule has 4 atom stereocenters. The van der Waals surface area contributed by atoms with Gasteiger partial charge in [0, 0.05) is 19.5 Å². The Balaban J connectivity index is 3.02. The smallest absolute Gasteiger partial charge is 0.326 e. The largest absolute Gasteiger partial charge is 0.480 e. The summed E-state index contributed by atoms with van der Waals surface area (Å²) in [6, 6.07) is 2.78. The lowest BCUT2D eigenvalue weighted by atomic mass is 10.0. The van der Waals surface area contributed by atoms with Gasteiger partial charge < -0.3 is 54.4 Å². The number of benzene rings is 1. The van der Waals surface area contributed by atoms with Gasteiger partial charge in [0.2, 0.25) is 11.8 Å². The van der Waals surface area contributed by atoms with Crippen molar-refractivity contribution in [3.8, 4) is 0 Å². The van der Waals surface area contributed by atoms with Crippen molar-refractivity contribution in [3.05, 3.63) is 35.9 Å². The van der Waals surface area contributed by atoms with Crippen LogP contribution in [0.4, 0.5) is 4.79 Å². The van der Waals surface area contributed by atoms with E-state index in [1.807, 2.05) is 0 Å². The maximum atomic E-state index is 13.3. The maximum absolute atomic E-state index is 13.3. The molecule has 0 aliphatic carbocycles. The summed E-state index contributed by atoms with van der Waals surface area (Å²) in [6.45, 7) is 3.59. The van der Waals surface area contributed by atoms with Crippen LogP contribution in [0.1, 0.15) is 45.1 Å². The van der Waals surface area contributed by atoms with Crippen LogP contribution in [0, 0.1) is 5.92 Å². The molecule has 17 nitrogen and oxygen atoms in total. The first-order valence-electron chi connectivity index (χ1n) is 14.0. The van der Waals surface area contributed by atoms with E-state index in [0.717, 1.165) is 0 Å². The van der Waals surface area contributed by atoms with Crippen LogP contribution in [0.15, 0.2) is 40.3 Å². The number of amides is 4. The lowest BCUT2D eigenvalue weighted by molar-refractivity contribution is -0.142. The number of carboxylic acid groups (broad SMARTS) is 2. The Kier molecular flexibility index (Phi) is 16.1. The summed E-state index contributed by atoms with van der Waals surface area (Å²) >= 11 is 0. The van der Waals surface area contributed by atoms with Crippen LogP contribution in [0.2, 0.25) is 0 Å². The van der Waals surface area contributed by atoms with Crippen molar-refractivity contribution in [1.82, 2.24) is 21.3 Å². The number of aliphatic imine (C=N–C) groups is 2. The summed E-state index contributed by atoms with van der Waals surface area (Å²) in [6.07, 6.45) is 0.572. The molecule has 44 heavy (non-hydrogen) atoms. The third kappa shape index (κ3) is 14.7. The van der Waals surface area contributed by atoms with Gasteiger partial charge in [-0.25, -0.2) is 14.4 Å². The number of nitrogens with one attached hydrogen (secondary N) is 4. The number of guanidine groups is 2. The second-order valence-electron chi connectivity index (χ2n) is 10.3. The number of hydrogen-bond donors (Lipinski definition) is 10. The molecule has 0 saturated carbocycles. The standard InChI is InChI=1S/C27H44N10O7/c1-15(2)20(22(39)34-18(23(40)41)11-7-13-33-26(30)31)37-21(38)17(10-6-12-32-25(28)29)35-27(44)36-19(24(42)43)14-16-8-4-3-5-9-16/h3-5,8-9,15,17-20H,6-7,10-14H2,1-2H3,(H,34,39)(H,37,38)(H,40,41)(H,42,43)(H4,28,29,32)(H4,30,31,33)(H2,35,36,44)/t17-,18+,19-,20-/m0/s1.